The number of amides is 1. The molecule has 4 rings (SSSR count). The third kappa shape index (κ3) is 6.44. The molecule has 0 aliphatic carbocycles. The Hall–Kier alpha value is -3.08. The molecule has 7 nitrogen and oxygen atoms in total. The number of thioether (sulfide) groups is 1. The number of benzene rings is 3. The average molecular weight is 646 g/mol. The number of carbonyl (C=O) groups excluding carboxylic acids is 1. The lowest BCUT2D eigenvalue weighted by Gasteiger charge is -2.14. The second-order valence-corrected chi connectivity index (χ2v) is 10.6. The Labute approximate surface area is 235 Å². The van der Waals surface area contributed by atoms with E-state index >= 15 is 0 Å². The van der Waals surface area contributed by atoms with E-state index in [9.17, 15) is 14.7 Å². The van der Waals surface area contributed by atoms with E-state index in [0.29, 0.717) is 44.9 Å². The number of carboxylic acids is 1. The van der Waals surface area contributed by atoms with Gasteiger partial charge in [0.05, 0.1) is 27.7 Å². The standard InChI is InChI=1S/C27H22Br2N2O5S/c1-3-31-25(32)23(37-27(31)30-20-6-4-5-18(14-20)26(33)34)13-17-11-21(29)24(22(12-17)35-2)36-15-16-7-9-19(28)10-8-16/h4-14H,3,15H2,1-2H3,(H,33,34). The molecule has 3 aromatic carbocycles. The van der Waals surface area contributed by atoms with Crippen LogP contribution in [0.1, 0.15) is 28.4 Å². The molecule has 0 unspecified atom stereocenters. The van der Waals surface area contributed by atoms with E-state index in [1.165, 1.54) is 23.9 Å². The molecule has 1 fully saturated rings. The predicted octanol–water partition coefficient (Wildman–Crippen LogP) is 7.12. The summed E-state index contributed by atoms with van der Waals surface area (Å²) in [5.41, 5.74) is 2.36. The zero-order valence-electron chi connectivity index (χ0n) is 19.9. The second-order valence-electron chi connectivity index (χ2n) is 7.86. The summed E-state index contributed by atoms with van der Waals surface area (Å²) in [5.74, 6) is -0.116. The molecule has 1 heterocycles. The number of hydrogen-bond acceptors (Lipinski definition) is 6. The Morgan fingerprint density at radius 1 is 1.14 bits per heavy atom. The van der Waals surface area contributed by atoms with Crippen LogP contribution >= 0.6 is 43.6 Å². The summed E-state index contributed by atoms with van der Waals surface area (Å²) in [5, 5.41) is 9.74. The smallest absolute Gasteiger partial charge is 0.335 e. The van der Waals surface area contributed by atoms with Crippen LogP contribution in [-0.4, -0.2) is 40.7 Å². The summed E-state index contributed by atoms with van der Waals surface area (Å²) in [7, 11) is 1.56. The number of nitrogens with zero attached hydrogens (tertiary/aromatic N) is 2. The average Bonchev–Trinajstić information content (AvgIpc) is 3.17. The third-order valence-corrected chi connectivity index (χ3v) is 7.49. The van der Waals surface area contributed by atoms with Crippen molar-refractivity contribution in [1.29, 1.82) is 0 Å². The van der Waals surface area contributed by atoms with Gasteiger partial charge >= 0.3 is 5.97 Å². The Balaban J connectivity index is 1.59. The summed E-state index contributed by atoms with van der Waals surface area (Å²) in [6, 6.07) is 17.8. The van der Waals surface area contributed by atoms with Gasteiger partial charge in [0.15, 0.2) is 16.7 Å². The summed E-state index contributed by atoms with van der Waals surface area (Å²) >= 11 is 8.24. The minimum Gasteiger partial charge on any atom is -0.493 e. The van der Waals surface area contributed by atoms with Crippen LogP contribution in [-0.2, 0) is 11.4 Å². The monoisotopic (exact) mass is 644 g/mol. The first-order valence-electron chi connectivity index (χ1n) is 11.2. The molecule has 0 aromatic heterocycles. The van der Waals surface area contributed by atoms with Gasteiger partial charge in [-0.05, 0) is 94.3 Å². The molecular formula is C27H22Br2N2O5S. The zero-order valence-corrected chi connectivity index (χ0v) is 23.9. The van der Waals surface area contributed by atoms with Crippen molar-refractivity contribution in [2.45, 2.75) is 13.5 Å². The summed E-state index contributed by atoms with van der Waals surface area (Å²) in [6.07, 6.45) is 1.78. The quantitative estimate of drug-likeness (QED) is 0.263. The number of rotatable bonds is 8. The van der Waals surface area contributed by atoms with Gasteiger partial charge in [-0.3, -0.25) is 9.69 Å². The molecule has 3 aromatic rings. The predicted molar refractivity (Wildman–Crippen MR) is 153 cm³/mol. The van der Waals surface area contributed by atoms with Crippen molar-refractivity contribution in [3.63, 3.8) is 0 Å². The lowest BCUT2D eigenvalue weighted by Crippen LogP contribution is -2.28. The second kappa shape index (κ2) is 12.0. The number of aromatic carboxylic acids is 1. The molecule has 10 heteroatoms. The first kappa shape index (κ1) is 27.0. The van der Waals surface area contributed by atoms with Crippen molar-refractivity contribution >= 4 is 72.4 Å². The summed E-state index contributed by atoms with van der Waals surface area (Å²) in [4.78, 5) is 31.0. The maximum atomic E-state index is 13.1. The molecule has 1 amide bonds. The Kier molecular flexibility index (Phi) is 8.73. The largest absolute Gasteiger partial charge is 0.493 e. The Morgan fingerprint density at radius 2 is 1.89 bits per heavy atom. The Morgan fingerprint density at radius 3 is 2.57 bits per heavy atom. The van der Waals surface area contributed by atoms with Gasteiger partial charge in [0, 0.05) is 11.0 Å². The van der Waals surface area contributed by atoms with Crippen LogP contribution < -0.4 is 9.47 Å². The van der Waals surface area contributed by atoms with Gasteiger partial charge in [0.1, 0.15) is 6.61 Å². The molecule has 1 aliphatic rings. The number of amidine groups is 1. The van der Waals surface area contributed by atoms with E-state index in [2.05, 4.69) is 36.9 Å². The number of carboxylic acid groups (broad SMARTS) is 1. The molecule has 0 spiro atoms. The number of aliphatic imine (C=N–C) groups is 1. The molecule has 0 bridgehead atoms. The van der Waals surface area contributed by atoms with Crippen molar-refractivity contribution in [1.82, 2.24) is 4.90 Å². The van der Waals surface area contributed by atoms with Gasteiger partial charge < -0.3 is 14.6 Å². The maximum absolute atomic E-state index is 13.1. The SMILES string of the molecule is CCN1C(=O)C(=Cc2cc(Br)c(OCc3ccc(Br)cc3)c(OC)c2)SC1=Nc1cccc(C(=O)O)c1. The number of likely N-dealkylation sites (N-methyl/N-ethyl adjacent to an activating group) is 1. The molecule has 37 heavy (non-hydrogen) atoms. The topological polar surface area (TPSA) is 88.4 Å². The fourth-order valence-corrected chi connectivity index (χ4v) is 5.44. The van der Waals surface area contributed by atoms with Gasteiger partial charge in [-0.1, -0.05) is 34.1 Å². The van der Waals surface area contributed by atoms with Gasteiger partial charge in [0.25, 0.3) is 5.91 Å². The minimum atomic E-state index is -1.03. The normalized spacial score (nSPS) is 15.5. The lowest BCUT2D eigenvalue weighted by molar-refractivity contribution is -0.122. The third-order valence-electron chi connectivity index (χ3n) is 5.37. The number of carbonyl (C=O) groups is 2. The highest BCUT2D eigenvalue weighted by Gasteiger charge is 2.32. The number of methoxy groups -OCH3 is 1. The van der Waals surface area contributed by atoms with Crippen LogP contribution in [0.3, 0.4) is 0 Å². The zero-order chi connectivity index (χ0) is 26.5. The van der Waals surface area contributed by atoms with E-state index in [-0.39, 0.29) is 11.5 Å². The van der Waals surface area contributed by atoms with Gasteiger partial charge in [0.2, 0.25) is 0 Å². The van der Waals surface area contributed by atoms with Gasteiger partial charge in [-0.2, -0.15) is 0 Å². The minimum absolute atomic E-state index is 0.134. The van der Waals surface area contributed by atoms with Gasteiger partial charge in [-0.25, -0.2) is 9.79 Å². The van der Waals surface area contributed by atoms with E-state index in [1.54, 1.807) is 30.2 Å². The van der Waals surface area contributed by atoms with Crippen LogP contribution in [0.15, 0.2) is 79.5 Å². The maximum Gasteiger partial charge on any atom is 0.335 e. The van der Waals surface area contributed by atoms with E-state index < -0.39 is 5.97 Å². The van der Waals surface area contributed by atoms with Gasteiger partial charge in [-0.15, -0.1) is 0 Å². The number of ether oxygens (including phenoxy) is 2. The van der Waals surface area contributed by atoms with Crippen molar-refractivity contribution in [3.05, 3.63) is 91.2 Å². The molecule has 1 N–H and O–H groups in total. The van der Waals surface area contributed by atoms with Crippen molar-refractivity contribution in [2.24, 2.45) is 4.99 Å². The first-order chi connectivity index (χ1) is 17.8. The van der Waals surface area contributed by atoms with Crippen molar-refractivity contribution < 1.29 is 24.2 Å². The fraction of sp³-hybridized carbons (Fsp3) is 0.148. The van der Waals surface area contributed by atoms with Crippen LogP contribution in [0.5, 0.6) is 11.5 Å². The molecule has 1 aliphatic heterocycles. The highest BCUT2D eigenvalue weighted by molar-refractivity contribution is 9.10. The molecule has 0 radical (unpaired) electrons. The highest BCUT2D eigenvalue weighted by atomic mass is 79.9. The molecule has 0 saturated carbocycles. The number of hydrogen-bond donors (Lipinski definition) is 1. The van der Waals surface area contributed by atoms with Crippen molar-refractivity contribution in [2.75, 3.05) is 13.7 Å². The van der Waals surface area contributed by atoms with Crippen molar-refractivity contribution in [3.8, 4) is 11.5 Å². The van der Waals surface area contributed by atoms with E-state index in [0.717, 1.165) is 15.6 Å². The molecule has 190 valence electrons. The van der Waals surface area contributed by atoms with E-state index in [1.807, 2.05) is 43.3 Å². The summed E-state index contributed by atoms with van der Waals surface area (Å²) in [6.45, 7) is 2.66. The first-order valence-corrected chi connectivity index (χ1v) is 13.6. The van der Waals surface area contributed by atoms with Crippen LogP contribution in [0.25, 0.3) is 6.08 Å². The van der Waals surface area contributed by atoms with Crippen LogP contribution in [0.4, 0.5) is 5.69 Å². The molecule has 0 atom stereocenters. The summed E-state index contributed by atoms with van der Waals surface area (Å²) < 4.78 is 13.3. The highest BCUT2D eigenvalue weighted by Crippen LogP contribution is 2.40. The fourth-order valence-electron chi connectivity index (χ4n) is 3.54. The lowest BCUT2D eigenvalue weighted by atomic mass is 10.1. The van der Waals surface area contributed by atoms with E-state index in [4.69, 9.17) is 9.47 Å². The Bertz CT molecular complexity index is 1410. The molecular weight excluding hydrogens is 624 g/mol. The molecule has 1 saturated heterocycles. The van der Waals surface area contributed by atoms with Crippen LogP contribution in [0.2, 0.25) is 0 Å². The van der Waals surface area contributed by atoms with Crippen LogP contribution in [0, 0.1) is 0 Å². The number of halogens is 2.